The zero-order valence-corrected chi connectivity index (χ0v) is 45.8. The van der Waals surface area contributed by atoms with Crippen LogP contribution in [0.3, 0.4) is 0 Å². The van der Waals surface area contributed by atoms with Crippen molar-refractivity contribution < 1.29 is 66.5 Å². The molecule has 277 valence electrons. The van der Waals surface area contributed by atoms with Crippen LogP contribution in [-0.2, 0) is 66.5 Å². The molecule has 0 aromatic rings. The smallest absolute Gasteiger partial charge is 0.441 e. The van der Waals surface area contributed by atoms with E-state index in [2.05, 4.69) is 26.6 Å². The van der Waals surface area contributed by atoms with E-state index >= 15 is 0 Å². The van der Waals surface area contributed by atoms with Gasteiger partial charge in [-0.25, -0.2) is 0 Å². The summed E-state index contributed by atoms with van der Waals surface area (Å²) in [5, 5.41) is 0. The molecular formula is C18H49O16Si15. The van der Waals surface area contributed by atoms with E-state index in [1.165, 1.54) is 0 Å². The lowest BCUT2D eigenvalue weighted by molar-refractivity contribution is 0.126. The Morgan fingerprint density at radius 2 is 1.33 bits per heavy atom. The quantitative estimate of drug-likeness (QED) is 0.149. The molecule has 0 bridgehead atoms. The Hall–Kier alpha value is 2.61. The molecule has 0 saturated carbocycles. The molecule has 0 amide bonds. The van der Waals surface area contributed by atoms with Crippen LogP contribution in [0, 0.1) is 5.92 Å². The Labute approximate surface area is 321 Å². The maximum Gasteiger partial charge on any atom is 0.558 e. The number of rotatable bonds is 16. The Morgan fingerprint density at radius 3 is 2.08 bits per heavy atom. The summed E-state index contributed by atoms with van der Waals surface area (Å²) in [6, 6.07) is 3.66. The van der Waals surface area contributed by atoms with Gasteiger partial charge in [-0.15, -0.1) is 0 Å². The van der Waals surface area contributed by atoms with Crippen LogP contribution in [0.1, 0.15) is 20.8 Å². The zero-order chi connectivity index (χ0) is 36.0. The highest BCUT2D eigenvalue weighted by atomic mass is 28.5. The molecule has 3 heterocycles. The van der Waals surface area contributed by atoms with Crippen LogP contribution >= 0.6 is 0 Å². The molecule has 0 N–H and O–H groups in total. The lowest BCUT2D eigenvalue weighted by Gasteiger charge is -2.35. The molecule has 0 aromatic heterocycles. The van der Waals surface area contributed by atoms with Crippen molar-refractivity contribution >= 4 is 141 Å². The van der Waals surface area contributed by atoms with E-state index in [9.17, 15) is 0 Å². The van der Waals surface area contributed by atoms with Crippen LogP contribution in [0.5, 0.6) is 0 Å². The minimum atomic E-state index is -2.62. The minimum Gasteiger partial charge on any atom is -0.441 e. The minimum absolute atomic E-state index is 0.0418. The molecular weight excluding hydrogens is 893 g/mol. The average Bonchev–Trinajstić information content (AvgIpc) is 2.93. The lowest BCUT2D eigenvalue weighted by Crippen LogP contribution is -2.53. The molecule has 0 aromatic carbocycles. The van der Waals surface area contributed by atoms with Gasteiger partial charge in [0.25, 0.3) is 18.6 Å². The maximum atomic E-state index is 6.37. The summed E-state index contributed by atoms with van der Waals surface area (Å²) < 4.78 is 96.1. The van der Waals surface area contributed by atoms with Gasteiger partial charge in [0.15, 0.2) is 18.1 Å². The average molecular weight is 943 g/mol. The zero-order valence-electron chi connectivity index (χ0n) is 30.0. The predicted octanol–water partition coefficient (Wildman–Crippen LogP) is -0.133. The normalized spacial score (nSPS) is 35.6. The molecule has 0 aliphatic carbocycles. The Kier molecular flexibility index (Phi) is 22.2. The third-order valence-electron chi connectivity index (χ3n) is 6.66. The van der Waals surface area contributed by atoms with E-state index in [0.29, 0.717) is 12.0 Å². The topological polar surface area (TPSA) is 148 Å². The van der Waals surface area contributed by atoms with Crippen molar-refractivity contribution in [2.45, 2.75) is 110 Å². The SMILES string of the molecule is CC1C[Si](O[Si]O[Si]O[Si]O[Si]2(C)CC(C)O[Si](O[Si]O[Si]O[Si](C)(C)O[Si]3OC(C)C[SiH](C)O[SiH](C)O3)O[SiH](C)O2)O[SiH](C)O[SiH](C)C1. The van der Waals surface area contributed by atoms with Gasteiger partial charge in [-0.1, -0.05) is 6.92 Å². The summed E-state index contributed by atoms with van der Waals surface area (Å²) in [6.07, 6.45) is -0.153. The summed E-state index contributed by atoms with van der Waals surface area (Å²) in [7, 11) is -19.7. The first kappa shape index (κ1) is 46.0. The first-order chi connectivity index (χ1) is 23.1. The summed E-state index contributed by atoms with van der Waals surface area (Å²) in [5.41, 5.74) is 0. The molecule has 13 radical (unpaired) electrons. The van der Waals surface area contributed by atoms with E-state index < -0.39 is 91.4 Å². The van der Waals surface area contributed by atoms with Crippen molar-refractivity contribution in [1.29, 1.82) is 0 Å². The first-order valence-corrected chi connectivity index (χ1v) is 40.7. The predicted molar refractivity (Wildman–Crippen MR) is 205 cm³/mol. The largest absolute Gasteiger partial charge is 0.558 e. The second kappa shape index (κ2) is 23.6. The summed E-state index contributed by atoms with van der Waals surface area (Å²) in [5.74, 6) is 0.549. The first-order valence-electron chi connectivity index (χ1n) is 16.1. The Morgan fingerprint density at radius 1 is 0.714 bits per heavy atom. The van der Waals surface area contributed by atoms with Crippen LogP contribution in [0.25, 0.3) is 0 Å². The third kappa shape index (κ3) is 19.9. The Bertz CT molecular complexity index is 888. The molecule has 3 rings (SSSR count). The fourth-order valence-corrected chi connectivity index (χ4v) is 37.6. The molecule has 3 saturated heterocycles. The summed E-state index contributed by atoms with van der Waals surface area (Å²) >= 11 is 0. The number of hydrogen-bond donors (Lipinski definition) is 0. The van der Waals surface area contributed by atoms with Gasteiger partial charge < -0.3 is 66.5 Å². The van der Waals surface area contributed by atoms with Gasteiger partial charge in [0.1, 0.15) is 0 Å². The van der Waals surface area contributed by atoms with E-state index in [4.69, 9.17) is 66.5 Å². The maximum absolute atomic E-state index is 6.37. The summed E-state index contributed by atoms with van der Waals surface area (Å²) in [4.78, 5) is 0. The van der Waals surface area contributed by atoms with E-state index in [0.717, 1.165) is 18.1 Å². The molecule has 49 heavy (non-hydrogen) atoms. The van der Waals surface area contributed by atoms with Crippen LogP contribution in [-0.4, -0.2) is 154 Å². The van der Waals surface area contributed by atoms with E-state index in [1.807, 2.05) is 46.6 Å². The van der Waals surface area contributed by atoms with Gasteiger partial charge in [0.2, 0.25) is 0 Å². The second-order valence-corrected chi connectivity index (χ2v) is 41.6. The van der Waals surface area contributed by atoms with Crippen molar-refractivity contribution in [3.05, 3.63) is 0 Å². The third-order valence-corrected chi connectivity index (χ3v) is 40.9. The van der Waals surface area contributed by atoms with Gasteiger partial charge >= 0.3 is 105 Å². The highest BCUT2D eigenvalue weighted by Gasteiger charge is 2.43. The van der Waals surface area contributed by atoms with Crippen LogP contribution in [0.2, 0.25) is 76.6 Å². The molecule has 9 atom stereocenters. The second-order valence-electron chi connectivity index (χ2n) is 12.5. The van der Waals surface area contributed by atoms with Crippen molar-refractivity contribution in [2.75, 3.05) is 0 Å². The highest BCUT2D eigenvalue weighted by Crippen LogP contribution is 2.23. The van der Waals surface area contributed by atoms with Gasteiger partial charge in [-0.2, -0.15) is 0 Å². The molecule has 3 aliphatic rings. The van der Waals surface area contributed by atoms with Crippen molar-refractivity contribution in [3.8, 4) is 0 Å². The molecule has 3 fully saturated rings. The summed E-state index contributed by atoms with van der Waals surface area (Å²) in [6.45, 7) is 22.6. The van der Waals surface area contributed by atoms with Gasteiger partial charge in [-0.05, 0) is 90.3 Å². The molecule has 16 nitrogen and oxygen atoms in total. The van der Waals surface area contributed by atoms with Crippen LogP contribution < -0.4 is 0 Å². The monoisotopic (exact) mass is 941 g/mol. The fraction of sp³-hybridized carbons (Fsp3) is 1.00. The van der Waals surface area contributed by atoms with E-state index in [-0.39, 0.29) is 62.2 Å². The van der Waals surface area contributed by atoms with E-state index in [1.54, 1.807) is 0 Å². The highest BCUT2D eigenvalue weighted by molar-refractivity contribution is 6.78. The van der Waals surface area contributed by atoms with Crippen LogP contribution in [0.15, 0.2) is 0 Å². The Balaban J connectivity index is 1.28. The lowest BCUT2D eigenvalue weighted by atomic mass is 10.3. The number of hydrogen-bond acceptors (Lipinski definition) is 16. The standard InChI is InChI=1S/C18H49O16Si15/c1-16-12-40(4)28-42(6)30-45(13-16)24-36-21-35-22-39-27-49(11)15-18(3)20-46(32-44(8)33-49)25-37-23-38-26-48(9,10)34-47-19-17(2)14-41(5)29-43(7)31-47/h16-18,40-44H,12-15H2,1-11H3. The molecule has 0 spiro atoms. The molecule has 9 unspecified atom stereocenters. The van der Waals surface area contributed by atoms with Crippen molar-refractivity contribution in [1.82, 2.24) is 0 Å². The van der Waals surface area contributed by atoms with Gasteiger partial charge in [-0.3, -0.25) is 0 Å². The molecule has 3 aliphatic heterocycles. The fourth-order valence-electron chi connectivity index (χ4n) is 5.02. The van der Waals surface area contributed by atoms with Crippen molar-refractivity contribution in [2.24, 2.45) is 5.92 Å². The van der Waals surface area contributed by atoms with Crippen molar-refractivity contribution in [3.63, 3.8) is 0 Å². The van der Waals surface area contributed by atoms with Gasteiger partial charge in [0.05, 0.1) is 0 Å². The van der Waals surface area contributed by atoms with Crippen LogP contribution in [0.4, 0.5) is 0 Å². The molecule has 31 heteroatoms. The van der Waals surface area contributed by atoms with Gasteiger partial charge in [0, 0.05) is 18.3 Å².